The van der Waals surface area contributed by atoms with Crippen LogP contribution in [0.15, 0.2) is 10.2 Å². The number of carbonyl (C=O) groups is 1. The number of esters is 1. The number of rotatable bonds is 2. The Bertz CT molecular complexity index is 161. The van der Waals surface area contributed by atoms with Crippen LogP contribution in [0, 0.1) is 0 Å². The van der Waals surface area contributed by atoms with Crippen LogP contribution in [0.4, 0.5) is 0 Å². The third-order valence-electron chi connectivity index (χ3n) is 0.801. The maximum atomic E-state index is 10.8. The van der Waals surface area contributed by atoms with Gasteiger partial charge in [-0.05, 0) is 29.8 Å². The Labute approximate surface area is 68.4 Å². The predicted molar refractivity (Wildman–Crippen MR) is 42.4 cm³/mol. The number of allylic oxidation sites excluding steroid dienone is 1. The standard InChI is InChI=1S/C6H10BrNO2/c1-3-10-6(9)5(7)4(2)8/h3,8H2,1-2H3/b5-4-. The van der Waals surface area contributed by atoms with Crippen LogP contribution in [-0.4, -0.2) is 12.6 Å². The van der Waals surface area contributed by atoms with Gasteiger partial charge in [-0.2, -0.15) is 0 Å². The largest absolute Gasteiger partial charge is 0.462 e. The first-order chi connectivity index (χ1) is 4.59. The molecule has 0 aromatic heterocycles. The SMILES string of the molecule is CCOC(=O)/C(Br)=C(\C)N. The molecule has 0 atom stereocenters. The van der Waals surface area contributed by atoms with Crippen molar-refractivity contribution in [1.29, 1.82) is 0 Å². The van der Waals surface area contributed by atoms with Gasteiger partial charge in [0, 0.05) is 5.70 Å². The first kappa shape index (κ1) is 9.49. The molecule has 0 saturated heterocycles. The summed E-state index contributed by atoms with van der Waals surface area (Å²) in [4.78, 5) is 10.8. The zero-order valence-corrected chi connectivity index (χ0v) is 7.56. The molecule has 0 amide bonds. The molecule has 0 aliphatic heterocycles. The fourth-order valence-corrected chi connectivity index (χ4v) is 0.470. The second-order valence-corrected chi connectivity index (χ2v) is 2.51. The summed E-state index contributed by atoms with van der Waals surface area (Å²) in [5.41, 5.74) is 5.73. The second kappa shape index (κ2) is 4.33. The Morgan fingerprint density at radius 1 is 1.70 bits per heavy atom. The lowest BCUT2D eigenvalue weighted by molar-refractivity contribution is -0.137. The van der Waals surface area contributed by atoms with Gasteiger partial charge in [-0.3, -0.25) is 0 Å². The zero-order chi connectivity index (χ0) is 8.15. The first-order valence-electron chi connectivity index (χ1n) is 2.88. The van der Waals surface area contributed by atoms with Crippen LogP contribution in [0.2, 0.25) is 0 Å². The lowest BCUT2D eigenvalue weighted by atomic mass is 10.4. The lowest BCUT2D eigenvalue weighted by Gasteiger charge is -2.00. The topological polar surface area (TPSA) is 52.3 Å². The molecule has 0 heterocycles. The van der Waals surface area contributed by atoms with Crippen molar-refractivity contribution < 1.29 is 9.53 Å². The average molecular weight is 208 g/mol. The molecule has 0 fully saturated rings. The zero-order valence-electron chi connectivity index (χ0n) is 5.98. The molecule has 0 bridgehead atoms. The van der Waals surface area contributed by atoms with Crippen molar-refractivity contribution in [3.05, 3.63) is 10.2 Å². The van der Waals surface area contributed by atoms with E-state index >= 15 is 0 Å². The van der Waals surface area contributed by atoms with Crippen LogP contribution >= 0.6 is 15.9 Å². The van der Waals surface area contributed by atoms with Crippen LogP contribution in [0.25, 0.3) is 0 Å². The predicted octanol–water partition coefficient (Wildman–Crippen LogP) is 1.13. The summed E-state index contributed by atoms with van der Waals surface area (Å²) in [7, 11) is 0. The van der Waals surface area contributed by atoms with E-state index in [4.69, 9.17) is 5.73 Å². The maximum Gasteiger partial charge on any atom is 0.346 e. The molecule has 0 rings (SSSR count). The van der Waals surface area contributed by atoms with Crippen LogP contribution in [0.5, 0.6) is 0 Å². The van der Waals surface area contributed by atoms with E-state index in [2.05, 4.69) is 20.7 Å². The van der Waals surface area contributed by atoms with E-state index < -0.39 is 5.97 Å². The summed E-state index contributed by atoms with van der Waals surface area (Å²) in [6.07, 6.45) is 0. The number of ether oxygens (including phenoxy) is 1. The average Bonchev–Trinajstić information content (AvgIpc) is 1.87. The molecule has 2 N–H and O–H groups in total. The Morgan fingerprint density at radius 2 is 2.20 bits per heavy atom. The van der Waals surface area contributed by atoms with E-state index in [0.29, 0.717) is 16.8 Å². The molecule has 4 heteroatoms. The number of carbonyl (C=O) groups excluding carboxylic acids is 1. The molecular formula is C6H10BrNO2. The third-order valence-corrected chi connectivity index (χ3v) is 1.75. The summed E-state index contributed by atoms with van der Waals surface area (Å²) in [5, 5.41) is 0. The number of hydrogen-bond acceptors (Lipinski definition) is 3. The van der Waals surface area contributed by atoms with E-state index in [1.54, 1.807) is 13.8 Å². The molecule has 0 saturated carbocycles. The van der Waals surface area contributed by atoms with Gasteiger partial charge in [-0.25, -0.2) is 4.79 Å². The minimum Gasteiger partial charge on any atom is -0.462 e. The Kier molecular flexibility index (Phi) is 4.11. The van der Waals surface area contributed by atoms with Crippen molar-refractivity contribution >= 4 is 21.9 Å². The third kappa shape index (κ3) is 2.87. The maximum absolute atomic E-state index is 10.8. The Balaban J connectivity index is 4.09. The summed E-state index contributed by atoms with van der Waals surface area (Å²) in [5.74, 6) is -0.414. The van der Waals surface area contributed by atoms with Crippen molar-refractivity contribution in [3.63, 3.8) is 0 Å². The molecule has 0 unspecified atom stereocenters. The number of hydrogen-bond donors (Lipinski definition) is 1. The van der Waals surface area contributed by atoms with Gasteiger partial charge in [0.15, 0.2) is 0 Å². The van der Waals surface area contributed by atoms with Gasteiger partial charge in [0.1, 0.15) is 4.48 Å². The van der Waals surface area contributed by atoms with E-state index in [9.17, 15) is 4.79 Å². The van der Waals surface area contributed by atoms with Crippen LogP contribution in [-0.2, 0) is 9.53 Å². The van der Waals surface area contributed by atoms with Crippen molar-refractivity contribution in [1.82, 2.24) is 0 Å². The molecule has 0 aliphatic carbocycles. The smallest absolute Gasteiger partial charge is 0.346 e. The van der Waals surface area contributed by atoms with Gasteiger partial charge in [0.25, 0.3) is 0 Å². The minimum absolute atomic E-state index is 0.300. The van der Waals surface area contributed by atoms with Crippen molar-refractivity contribution in [3.8, 4) is 0 Å². The summed E-state index contributed by atoms with van der Waals surface area (Å²) < 4.78 is 4.94. The van der Waals surface area contributed by atoms with Crippen molar-refractivity contribution in [2.75, 3.05) is 6.61 Å². The molecule has 0 aromatic carbocycles. The lowest BCUT2D eigenvalue weighted by Crippen LogP contribution is -2.08. The minimum atomic E-state index is -0.414. The summed E-state index contributed by atoms with van der Waals surface area (Å²) >= 11 is 2.99. The normalized spacial score (nSPS) is 12.3. The van der Waals surface area contributed by atoms with E-state index in [-0.39, 0.29) is 0 Å². The van der Waals surface area contributed by atoms with Gasteiger partial charge in [0.05, 0.1) is 6.61 Å². The monoisotopic (exact) mass is 207 g/mol. The van der Waals surface area contributed by atoms with Crippen molar-refractivity contribution in [2.24, 2.45) is 5.73 Å². The Morgan fingerprint density at radius 3 is 2.50 bits per heavy atom. The highest BCUT2D eigenvalue weighted by Gasteiger charge is 2.07. The highest BCUT2D eigenvalue weighted by molar-refractivity contribution is 9.12. The van der Waals surface area contributed by atoms with E-state index in [1.165, 1.54) is 0 Å². The van der Waals surface area contributed by atoms with Gasteiger partial charge in [-0.15, -0.1) is 0 Å². The van der Waals surface area contributed by atoms with Gasteiger partial charge in [-0.1, -0.05) is 0 Å². The fraction of sp³-hybridized carbons (Fsp3) is 0.500. The van der Waals surface area contributed by atoms with E-state index in [1.807, 2.05) is 0 Å². The van der Waals surface area contributed by atoms with Crippen molar-refractivity contribution in [2.45, 2.75) is 13.8 Å². The molecule has 0 aliphatic rings. The van der Waals surface area contributed by atoms with Gasteiger partial charge in [0.2, 0.25) is 0 Å². The molecule has 10 heavy (non-hydrogen) atoms. The molecule has 0 radical (unpaired) electrons. The second-order valence-electron chi connectivity index (χ2n) is 1.72. The van der Waals surface area contributed by atoms with E-state index in [0.717, 1.165) is 0 Å². The van der Waals surface area contributed by atoms with Gasteiger partial charge >= 0.3 is 5.97 Å². The highest BCUT2D eigenvalue weighted by Crippen LogP contribution is 2.09. The quantitative estimate of drug-likeness (QED) is 0.546. The molecule has 0 aromatic rings. The summed E-state index contributed by atoms with van der Waals surface area (Å²) in [6.45, 7) is 3.73. The summed E-state index contributed by atoms with van der Waals surface area (Å²) in [6, 6.07) is 0. The van der Waals surface area contributed by atoms with Crippen LogP contribution < -0.4 is 5.73 Å². The number of halogens is 1. The molecular weight excluding hydrogens is 198 g/mol. The number of nitrogens with two attached hydrogens (primary N) is 1. The molecule has 58 valence electrons. The van der Waals surface area contributed by atoms with Crippen LogP contribution in [0.1, 0.15) is 13.8 Å². The molecule has 3 nitrogen and oxygen atoms in total. The highest BCUT2D eigenvalue weighted by atomic mass is 79.9. The fourth-order valence-electron chi connectivity index (χ4n) is 0.355. The Hall–Kier alpha value is -0.510. The molecule has 0 spiro atoms. The van der Waals surface area contributed by atoms with Crippen LogP contribution in [0.3, 0.4) is 0 Å². The first-order valence-corrected chi connectivity index (χ1v) is 3.67. The van der Waals surface area contributed by atoms with Gasteiger partial charge < -0.3 is 10.5 Å².